The first-order valence-electron chi connectivity index (χ1n) is 8.92. The Balaban J connectivity index is 1.27. The minimum absolute atomic E-state index is 0.262. The smallest absolute Gasteiger partial charge is 0.273 e. The van der Waals surface area contributed by atoms with Crippen LogP contribution < -0.4 is 5.32 Å². The van der Waals surface area contributed by atoms with Crippen LogP contribution in [0, 0.1) is 6.92 Å². The van der Waals surface area contributed by atoms with Crippen LogP contribution in [0.1, 0.15) is 33.3 Å². The molecule has 1 amide bonds. The number of thiophene rings is 1. The highest BCUT2D eigenvalue weighted by Gasteiger charge is 2.14. The van der Waals surface area contributed by atoms with Crippen LogP contribution in [0.15, 0.2) is 52.4 Å². The molecule has 7 nitrogen and oxygen atoms in total. The Kier molecular flexibility index (Phi) is 5.29. The van der Waals surface area contributed by atoms with Crippen molar-refractivity contribution in [3.8, 4) is 10.6 Å². The molecule has 0 aliphatic carbocycles. The lowest BCUT2D eigenvalue weighted by Gasteiger charge is -2.00. The first-order valence-corrected chi connectivity index (χ1v) is 9.80. The number of nitrogens with one attached hydrogen (secondary N) is 2. The van der Waals surface area contributed by atoms with Gasteiger partial charge in [0.15, 0.2) is 17.3 Å². The maximum atomic E-state index is 12.2. The highest BCUT2D eigenvalue weighted by molar-refractivity contribution is 7.13. The second-order valence-electron chi connectivity index (χ2n) is 6.42. The van der Waals surface area contributed by atoms with Crippen molar-refractivity contribution in [1.29, 1.82) is 0 Å². The van der Waals surface area contributed by atoms with Crippen LogP contribution in [-0.2, 0) is 12.8 Å². The molecule has 4 aromatic rings. The number of aromatic amines is 1. The highest BCUT2D eigenvalue weighted by atomic mass is 32.1. The summed E-state index contributed by atoms with van der Waals surface area (Å²) in [5.41, 5.74) is 2.67. The van der Waals surface area contributed by atoms with Crippen molar-refractivity contribution in [2.75, 3.05) is 6.54 Å². The molecule has 0 spiro atoms. The van der Waals surface area contributed by atoms with Crippen molar-refractivity contribution in [2.24, 2.45) is 0 Å². The number of H-pyrrole nitrogens is 1. The average molecular weight is 393 g/mol. The molecule has 0 saturated carbocycles. The van der Waals surface area contributed by atoms with E-state index in [1.807, 2.05) is 17.5 Å². The van der Waals surface area contributed by atoms with Crippen LogP contribution in [0.2, 0.25) is 0 Å². The van der Waals surface area contributed by atoms with Gasteiger partial charge in [-0.25, -0.2) is 4.98 Å². The summed E-state index contributed by atoms with van der Waals surface area (Å²) in [5, 5.41) is 15.8. The van der Waals surface area contributed by atoms with Crippen molar-refractivity contribution < 1.29 is 9.32 Å². The summed E-state index contributed by atoms with van der Waals surface area (Å²) in [7, 11) is 0. The van der Waals surface area contributed by atoms with Gasteiger partial charge < -0.3 is 9.84 Å². The molecule has 28 heavy (non-hydrogen) atoms. The minimum atomic E-state index is -0.276. The Morgan fingerprint density at radius 3 is 2.89 bits per heavy atom. The quantitative estimate of drug-likeness (QED) is 0.502. The zero-order valence-corrected chi connectivity index (χ0v) is 16.1. The van der Waals surface area contributed by atoms with Gasteiger partial charge in [0, 0.05) is 25.5 Å². The van der Waals surface area contributed by atoms with E-state index in [9.17, 15) is 4.79 Å². The summed E-state index contributed by atoms with van der Waals surface area (Å²) >= 11 is 1.53. The van der Waals surface area contributed by atoms with Crippen molar-refractivity contribution in [2.45, 2.75) is 19.8 Å². The molecule has 0 atom stereocenters. The lowest BCUT2D eigenvalue weighted by Crippen LogP contribution is -2.26. The summed E-state index contributed by atoms with van der Waals surface area (Å²) in [6.07, 6.45) is 1.23. The number of aryl methyl sites for hydroxylation is 1. The van der Waals surface area contributed by atoms with Gasteiger partial charge >= 0.3 is 0 Å². The van der Waals surface area contributed by atoms with E-state index in [-0.39, 0.29) is 11.6 Å². The second kappa shape index (κ2) is 8.18. The third-order valence-corrected chi connectivity index (χ3v) is 5.10. The third kappa shape index (κ3) is 4.34. The van der Waals surface area contributed by atoms with E-state index < -0.39 is 0 Å². The largest absolute Gasteiger partial charge is 0.355 e. The van der Waals surface area contributed by atoms with Gasteiger partial charge in [-0.2, -0.15) is 5.10 Å². The molecule has 0 fully saturated rings. The fourth-order valence-corrected chi connectivity index (χ4v) is 3.39. The number of aromatic nitrogens is 4. The molecule has 0 aliphatic heterocycles. The molecular weight excluding hydrogens is 374 g/mol. The summed E-state index contributed by atoms with van der Waals surface area (Å²) in [6, 6.07) is 13.8. The average Bonchev–Trinajstić information content (AvgIpc) is 3.45. The molecule has 0 aliphatic rings. The highest BCUT2D eigenvalue weighted by Crippen LogP contribution is 2.25. The van der Waals surface area contributed by atoms with Crippen LogP contribution in [0.3, 0.4) is 0 Å². The van der Waals surface area contributed by atoms with Gasteiger partial charge in [-0.15, -0.1) is 11.3 Å². The summed E-state index contributed by atoms with van der Waals surface area (Å²) in [6.45, 7) is 2.48. The van der Waals surface area contributed by atoms with Crippen LogP contribution in [-0.4, -0.2) is 32.8 Å². The molecule has 3 heterocycles. The first-order chi connectivity index (χ1) is 13.7. The molecular formula is C20H19N5O2S. The molecule has 0 radical (unpaired) electrons. The van der Waals surface area contributed by atoms with Crippen LogP contribution >= 0.6 is 11.3 Å². The van der Waals surface area contributed by atoms with Gasteiger partial charge in [0.05, 0.1) is 4.88 Å². The van der Waals surface area contributed by atoms with E-state index in [1.54, 1.807) is 6.07 Å². The Morgan fingerprint density at radius 2 is 2.11 bits per heavy atom. The molecule has 3 aromatic heterocycles. The summed E-state index contributed by atoms with van der Waals surface area (Å²) < 4.78 is 5.23. The zero-order chi connectivity index (χ0) is 19.3. The topological polar surface area (TPSA) is 96.7 Å². The molecule has 0 bridgehead atoms. The lowest BCUT2D eigenvalue weighted by atomic mass is 10.1. The predicted octanol–water partition coefficient (Wildman–Crippen LogP) is 3.39. The Hall–Kier alpha value is -3.26. The van der Waals surface area contributed by atoms with E-state index in [1.165, 1.54) is 22.5 Å². The van der Waals surface area contributed by atoms with Crippen molar-refractivity contribution in [3.63, 3.8) is 0 Å². The Bertz CT molecular complexity index is 1050. The van der Waals surface area contributed by atoms with Crippen molar-refractivity contribution in [3.05, 3.63) is 76.3 Å². The van der Waals surface area contributed by atoms with Crippen LogP contribution in [0.25, 0.3) is 10.6 Å². The summed E-state index contributed by atoms with van der Waals surface area (Å²) in [4.78, 5) is 17.6. The number of hydrogen-bond donors (Lipinski definition) is 2. The van der Waals surface area contributed by atoms with Crippen LogP contribution in [0.5, 0.6) is 0 Å². The van der Waals surface area contributed by atoms with Gasteiger partial charge in [0.2, 0.25) is 0 Å². The normalized spacial score (nSPS) is 10.9. The van der Waals surface area contributed by atoms with Gasteiger partial charge in [-0.1, -0.05) is 41.1 Å². The van der Waals surface area contributed by atoms with Crippen LogP contribution in [0.4, 0.5) is 0 Å². The fraction of sp³-hybridized carbons (Fsp3) is 0.200. The third-order valence-electron chi connectivity index (χ3n) is 4.21. The SMILES string of the molecule is Cc1ccc(Cc2nc(CCNC(=O)c3cc(-c4cccs4)on3)n[nH]2)cc1. The number of nitrogens with zero attached hydrogens (tertiary/aromatic N) is 3. The van der Waals surface area contributed by atoms with Gasteiger partial charge in [-0.05, 0) is 23.9 Å². The standard InChI is InChI=1S/C20H19N5O2S/c1-13-4-6-14(7-5-13)11-19-22-18(23-24-19)8-9-21-20(26)15-12-16(27-25-15)17-3-2-10-28-17/h2-7,10,12H,8-9,11H2,1H3,(H,21,26)(H,22,23,24). The summed E-state index contributed by atoms with van der Waals surface area (Å²) in [5.74, 6) is 1.79. The number of rotatable bonds is 7. The van der Waals surface area contributed by atoms with Gasteiger partial charge in [0.25, 0.3) is 5.91 Å². The molecule has 0 saturated heterocycles. The lowest BCUT2D eigenvalue weighted by molar-refractivity contribution is 0.0945. The Labute approximate surface area is 165 Å². The van der Waals surface area contributed by atoms with E-state index in [0.717, 1.165) is 10.7 Å². The monoisotopic (exact) mass is 393 g/mol. The molecule has 0 unspecified atom stereocenters. The zero-order valence-electron chi connectivity index (χ0n) is 15.3. The maximum Gasteiger partial charge on any atom is 0.273 e. The minimum Gasteiger partial charge on any atom is -0.355 e. The molecule has 2 N–H and O–H groups in total. The second-order valence-corrected chi connectivity index (χ2v) is 7.37. The molecule has 8 heteroatoms. The van der Waals surface area contributed by atoms with E-state index in [2.05, 4.69) is 56.8 Å². The Morgan fingerprint density at radius 1 is 1.25 bits per heavy atom. The first kappa shape index (κ1) is 18.1. The predicted molar refractivity (Wildman–Crippen MR) is 106 cm³/mol. The van der Waals surface area contributed by atoms with Crippen molar-refractivity contribution >= 4 is 17.2 Å². The van der Waals surface area contributed by atoms with E-state index in [0.29, 0.717) is 31.0 Å². The number of benzene rings is 1. The maximum absolute atomic E-state index is 12.2. The van der Waals surface area contributed by atoms with E-state index >= 15 is 0 Å². The van der Waals surface area contributed by atoms with Gasteiger partial charge in [-0.3, -0.25) is 9.89 Å². The van der Waals surface area contributed by atoms with E-state index in [4.69, 9.17) is 4.52 Å². The fourth-order valence-electron chi connectivity index (χ4n) is 2.72. The number of hydrogen-bond acceptors (Lipinski definition) is 6. The number of carbonyl (C=O) groups is 1. The molecule has 142 valence electrons. The molecule has 4 rings (SSSR count). The number of carbonyl (C=O) groups excluding carboxylic acids is 1. The molecule has 1 aromatic carbocycles. The van der Waals surface area contributed by atoms with Crippen molar-refractivity contribution in [1.82, 2.24) is 25.7 Å². The van der Waals surface area contributed by atoms with Gasteiger partial charge in [0.1, 0.15) is 5.82 Å². The number of amides is 1.